The molecule has 1 rings (SSSR count). The van der Waals surface area contributed by atoms with E-state index in [1.165, 1.54) is 18.2 Å². The molecule has 1 aromatic carbocycles. The average Bonchev–Trinajstić information content (AvgIpc) is 2.38. The Morgan fingerprint density at radius 2 is 1.85 bits per heavy atom. The van der Waals surface area contributed by atoms with E-state index in [1.54, 1.807) is 6.07 Å². The second kappa shape index (κ2) is 7.57. The van der Waals surface area contributed by atoms with Gasteiger partial charge >= 0.3 is 5.51 Å². The molecule has 0 aliphatic carbocycles. The Bertz CT molecular complexity index is 444. The average molecular weight is 305 g/mol. The molecule has 0 heterocycles. The smallest absolute Gasteiger partial charge is 0.352 e. The summed E-state index contributed by atoms with van der Waals surface area (Å²) >= 11 is -0.259. The molecule has 1 amide bonds. The van der Waals surface area contributed by atoms with Gasteiger partial charge in [0.05, 0.1) is 5.56 Å². The lowest BCUT2D eigenvalue weighted by atomic mass is 10.0. The number of nitrogens with one attached hydrogen (secondary N) is 1. The fraction of sp³-hybridized carbons (Fsp3) is 0.500. The molecule has 0 unspecified atom stereocenters. The number of carbonyl (C=O) groups is 1. The van der Waals surface area contributed by atoms with Gasteiger partial charge in [-0.05, 0) is 29.8 Å². The topological polar surface area (TPSA) is 29.1 Å². The summed E-state index contributed by atoms with van der Waals surface area (Å²) in [5.41, 5.74) is -4.33. The van der Waals surface area contributed by atoms with Gasteiger partial charge in [0.1, 0.15) is 0 Å². The van der Waals surface area contributed by atoms with Crippen LogP contribution < -0.4 is 5.32 Å². The number of halogens is 3. The van der Waals surface area contributed by atoms with Crippen molar-refractivity contribution in [1.29, 1.82) is 0 Å². The van der Waals surface area contributed by atoms with Gasteiger partial charge in [-0.3, -0.25) is 4.79 Å². The van der Waals surface area contributed by atoms with Gasteiger partial charge in [0, 0.05) is 11.4 Å². The molecule has 112 valence electrons. The summed E-state index contributed by atoms with van der Waals surface area (Å²) in [5, 5.41) is 2.71. The van der Waals surface area contributed by atoms with Gasteiger partial charge in [0.15, 0.2) is 0 Å². The fourth-order valence-corrected chi connectivity index (χ4v) is 2.44. The van der Waals surface area contributed by atoms with Crippen molar-refractivity contribution in [1.82, 2.24) is 5.32 Å². The van der Waals surface area contributed by atoms with Crippen molar-refractivity contribution >= 4 is 17.7 Å². The van der Waals surface area contributed by atoms with E-state index in [1.807, 2.05) is 13.8 Å². The largest absolute Gasteiger partial charge is 0.446 e. The highest BCUT2D eigenvalue weighted by molar-refractivity contribution is 8.00. The molecule has 0 bridgehead atoms. The lowest BCUT2D eigenvalue weighted by molar-refractivity contribution is -0.0328. The van der Waals surface area contributed by atoms with Crippen molar-refractivity contribution in [3.63, 3.8) is 0 Å². The first-order valence-electron chi connectivity index (χ1n) is 6.50. The summed E-state index contributed by atoms with van der Waals surface area (Å²) in [4.78, 5) is 11.9. The van der Waals surface area contributed by atoms with Crippen LogP contribution in [0.4, 0.5) is 13.2 Å². The van der Waals surface area contributed by atoms with Crippen LogP contribution >= 0.6 is 11.8 Å². The molecule has 0 fully saturated rings. The van der Waals surface area contributed by atoms with Crippen LogP contribution in [0.3, 0.4) is 0 Å². The fourth-order valence-electron chi connectivity index (χ4n) is 1.78. The van der Waals surface area contributed by atoms with Gasteiger partial charge in [0.25, 0.3) is 5.91 Å². The van der Waals surface area contributed by atoms with E-state index < -0.39 is 11.4 Å². The maximum Gasteiger partial charge on any atom is 0.446 e. The molecule has 2 nitrogen and oxygen atoms in total. The number of amides is 1. The number of benzene rings is 1. The molecule has 0 aliphatic rings. The van der Waals surface area contributed by atoms with Crippen LogP contribution in [0.5, 0.6) is 0 Å². The second-order valence-electron chi connectivity index (χ2n) is 4.44. The standard InChI is InChI=1S/C14H18F3NOS/c1-3-10(4-2)9-18-13(19)11-7-5-6-8-12(11)20-14(15,16)17/h5-8,10H,3-4,9H2,1-2H3,(H,18,19). The van der Waals surface area contributed by atoms with E-state index in [4.69, 9.17) is 0 Å². The Balaban J connectivity index is 2.77. The van der Waals surface area contributed by atoms with Gasteiger partial charge < -0.3 is 5.32 Å². The van der Waals surface area contributed by atoms with Crippen LogP contribution in [0.1, 0.15) is 37.0 Å². The van der Waals surface area contributed by atoms with E-state index >= 15 is 0 Å². The SMILES string of the molecule is CCC(CC)CNC(=O)c1ccccc1SC(F)(F)F. The van der Waals surface area contributed by atoms with Crippen molar-refractivity contribution < 1.29 is 18.0 Å². The molecule has 0 aromatic heterocycles. The molecule has 0 atom stereocenters. The Labute approximate surface area is 121 Å². The van der Waals surface area contributed by atoms with Crippen molar-refractivity contribution in [3.8, 4) is 0 Å². The molecule has 1 N–H and O–H groups in total. The highest BCUT2D eigenvalue weighted by Gasteiger charge is 2.31. The molecule has 0 saturated heterocycles. The third kappa shape index (κ3) is 5.45. The zero-order chi connectivity index (χ0) is 15.2. The molecule has 1 aromatic rings. The van der Waals surface area contributed by atoms with E-state index in [0.717, 1.165) is 12.8 Å². The predicted molar refractivity (Wildman–Crippen MR) is 74.8 cm³/mol. The number of alkyl halides is 3. The predicted octanol–water partition coefficient (Wildman–Crippen LogP) is 4.46. The molecule has 6 heteroatoms. The summed E-state index contributed by atoms with van der Waals surface area (Å²) in [6.07, 6.45) is 1.85. The normalized spacial score (nSPS) is 11.7. The van der Waals surface area contributed by atoms with Crippen LogP contribution in [-0.4, -0.2) is 18.0 Å². The summed E-state index contributed by atoms with van der Waals surface area (Å²) in [7, 11) is 0. The van der Waals surface area contributed by atoms with E-state index in [9.17, 15) is 18.0 Å². The number of carbonyl (C=O) groups excluding carboxylic acids is 1. The lowest BCUT2D eigenvalue weighted by Gasteiger charge is -2.15. The van der Waals surface area contributed by atoms with Gasteiger partial charge in [-0.15, -0.1) is 0 Å². The Hall–Kier alpha value is -1.17. The summed E-state index contributed by atoms with van der Waals surface area (Å²) in [6.45, 7) is 4.53. The van der Waals surface area contributed by atoms with E-state index in [-0.39, 0.29) is 22.2 Å². The maximum absolute atomic E-state index is 12.4. The van der Waals surface area contributed by atoms with E-state index in [0.29, 0.717) is 12.5 Å². The second-order valence-corrected chi connectivity index (χ2v) is 5.54. The number of rotatable bonds is 6. The number of hydrogen-bond acceptors (Lipinski definition) is 2. The van der Waals surface area contributed by atoms with Gasteiger partial charge in [-0.1, -0.05) is 38.8 Å². The Morgan fingerprint density at radius 1 is 1.25 bits per heavy atom. The molecular formula is C14H18F3NOS. The first-order valence-corrected chi connectivity index (χ1v) is 7.32. The minimum atomic E-state index is -4.40. The molecule has 0 spiro atoms. The quantitative estimate of drug-likeness (QED) is 0.786. The van der Waals surface area contributed by atoms with Crippen LogP contribution in [0, 0.1) is 5.92 Å². The molecule has 20 heavy (non-hydrogen) atoms. The highest BCUT2D eigenvalue weighted by atomic mass is 32.2. The summed E-state index contributed by atoms with van der Waals surface area (Å²) in [6, 6.07) is 5.78. The summed E-state index contributed by atoms with van der Waals surface area (Å²) in [5.74, 6) is -0.106. The van der Waals surface area contributed by atoms with Gasteiger partial charge in [0.2, 0.25) is 0 Å². The monoisotopic (exact) mass is 305 g/mol. The Morgan fingerprint density at radius 3 is 2.40 bits per heavy atom. The van der Waals surface area contributed by atoms with Crippen LogP contribution in [0.25, 0.3) is 0 Å². The first kappa shape index (κ1) is 16.9. The third-order valence-electron chi connectivity index (χ3n) is 3.06. The van der Waals surface area contributed by atoms with Crippen LogP contribution in [0.15, 0.2) is 29.2 Å². The van der Waals surface area contributed by atoms with E-state index in [2.05, 4.69) is 5.32 Å². The van der Waals surface area contributed by atoms with Crippen molar-refractivity contribution in [3.05, 3.63) is 29.8 Å². The molecule has 0 radical (unpaired) electrons. The van der Waals surface area contributed by atoms with Crippen molar-refractivity contribution in [2.75, 3.05) is 6.54 Å². The zero-order valence-corrected chi connectivity index (χ0v) is 12.3. The number of thioether (sulfide) groups is 1. The van der Waals surface area contributed by atoms with Gasteiger partial charge in [-0.2, -0.15) is 13.2 Å². The highest BCUT2D eigenvalue weighted by Crippen LogP contribution is 2.38. The van der Waals surface area contributed by atoms with Crippen LogP contribution in [-0.2, 0) is 0 Å². The minimum absolute atomic E-state index is 0.0675. The van der Waals surface area contributed by atoms with Crippen LogP contribution in [0.2, 0.25) is 0 Å². The maximum atomic E-state index is 12.4. The number of hydrogen-bond donors (Lipinski definition) is 1. The Kier molecular flexibility index (Phi) is 6.39. The molecule has 0 aliphatic heterocycles. The third-order valence-corrected chi connectivity index (χ3v) is 3.87. The molecule has 0 saturated carbocycles. The van der Waals surface area contributed by atoms with Gasteiger partial charge in [-0.25, -0.2) is 0 Å². The van der Waals surface area contributed by atoms with Crippen molar-refractivity contribution in [2.45, 2.75) is 37.1 Å². The summed E-state index contributed by atoms with van der Waals surface area (Å²) < 4.78 is 37.3. The first-order chi connectivity index (χ1) is 9.37. The zero-order valence-electron chi connectivity index (χ0n) is 11.5. The minimum Gasteiger partial charge on any atom is -0.352 e. The molecular weight excluding hydrogens is 287 g/mol. The van der Waals surface area contributed by atoms with Crippen molar-refractivity contribution in [2.24, 2.45) is 5.92 Å². The lowest BCUT2D eigenvalue weighted by Crippen LogP contribution is -2.29.